The van der Waals surface area contributed by atoms with Crippen molar-refractivity contribution in [1.29, 1.82) is 0 Å². The molecule has 0 heterocycles. The fourth-order valence-electron chi connectivity index (χ4n) is 3.94. The lowest BCUT2D eigenvalue weighted by molar-refractivity contribution is -0.149. The summed E-state index contributed by atoms with van der Waals surface area (Å²) in [5.41, 5.74) is 0. The molecular weight excluding hydrogens is 356 g/mol. The third-order valence-corrected chi connectivity index (χ3v) is 6.06. The standard InChI is InChI=1S/C27H53O2/c1-4-7-8-9-10-11-12-13-14-15-16-17-18-19-20-21-22-23-24-25-27(28)29-26(5-2)6-3/h26H,2,4-25H2,1,3H3. The summed E-state index contributed by atoms with van der Waals surface area (Å²) in [6, 6.07) is 0. The van der Waals surface area contributed by atoms with Crippen LogP contribution in [0.2, 0.25) is 0 Å². The maximum Gasteiger partial charge on any atom is 0.306 e. The second kappa shape index (κ2) is 23.7. The van der Waals surface area contributed by atoms with Gasteiger partial charge in [0.25, 0.3) is 0 Å². The van der Waals surface area contributed by atoms with E-state index in [4.69, 9.17) is 4.74 Å². The minimum absolute atomic E-state index is 0.0165. The van der Waals surface area contributed by atoms with Gasteiger partial charge in [0.05, 0.1) is 0 Å². The second-order valence-electron chi connectivity index (χ2n) is 8.92. The number of hydrogen-bond acceptors (Lipinski definition) is 2. The highest BCUT2D eigenvalue weighted by molar-refractivity contribution is 5.69. The number of unbranched alkanes of at least 4 members (excludes halogenated alkanes) is 18. The average molecular weight is 410 g/mol. The van der Waals surface area contributed by atoms with Crippen LogP contribution >= 0.6 is 0 Å². The molecule has 1 radical (unpaired) electrons. The van der Waals surface area contributed by atoms with Crippen molar-refractivity contribution < 1.29 is 9.53 Å². The first-order valence-corrected chi connectivity index (χ1v) is 13.2. The van der Waals surface area contributed by atoms with E-state index in [2.05, 4.69) is 13.8 Å². The lowest BCUT2D eigenvalue weighted by atomic mass is 10.0. The molecule has 2 nitrogen and oxygen atoms in total. The van der Waals surface area contributed by atoms with Gasteiger partial charge in [0, 0.05) is 6.42 Å². The number of ether oxygens (including phenoxy) is 1. The predicted molar refractivity (Wildman–Crippen MR) is 128 cm³/mol. The molecule has 0 rings (SSSR count). The third kappa shape index (κ3) is 22.0. The van der Waals surface area contributed by atoms with Gasteiger partial charge in [0.15, 0.2) is 0 Å². The Morgan fingerprint density at radius 3 is 1.28 bits per heavy atom. The topological polar surface area (TPSA) is 26.3 Å². The summed E-state index contributed by atoms with van der Waals surface area (Å²) in [6.45, 7) is 8.15. The van der Waals surface area contributed by atoms with Crippen molar-refractivity contribution in [3.63, 3.8) is 0 Å². The zero-order valence-electron chi connectivity index (χ0n) is 20.2. The molecule has 0 saturated carbocycles. The molecule has 1 atom stereocenters. The van der Waals surface area contributed by atoms with Crippen LogP contribution in [0.5, 0.6) is 0 Å². The number of carbonyl (C=O) groups excluding carboxylic acids is 1. The molecular formula is C27H53O2. The molecule has 0 aliphatic rings. The van der Waals surface area contributed by atoms with Gasteiger partial charge in [-0.05, 0) is 26.2 Å². The van der Waals surface area contributed by atoms with E-state index in [-0.39, 0.29) is 12.1 Å². The summed E-state index contributed by atoms with van der Waals surface area (Å²) < 4.78 is 5.38. The molecule has 0 aromatic carbocycles. The Hall–Kier alpha value is -0.530. The van der Waals surface area contributed by atoms with Crippen LogP contribution in [0.15, 0.2) is 0 Å². The molecule has 0 N–H and O–H groups in total. The molecule has 0 aliphatic heterocycles. The molecule has 0 aromatic rings. The van der Waals surface area contributed by atoms with Crippen molar-refractivity contribution in [3.05, 3.63) is 6.92 Å². The molecule has 0 amide bonds. The molecule has 0 fully saturated rings. The maximum atomic E-state index is 11.7. The van der Waals surface area contributed by atoms with Crippen LogP contribution in [0.25, 0.3) is 0 Å². The summed E-state index contributed by atoms with van der Waals surface area (Å²) in [6.07, 6.45) is 28.3. The molecule has 2 heteroatoms. The average Bonchev–Trinajstić information content (AvgIpc) is 2.73. The van der Waals surface area contributed by atoms with Crippen LogP contribution in [-0.2, 0) is 9.53 Å². The normalized spacial score (nSPS) is 11.3. The van der Waals surface area contributed by atoms with Gasteiger partial charge in [-0.2, -0.15) is 0 Å². The number of hydrogen-bond donors (Lipinski definition) is 0. The monoisotopic (exact) mass is 409 g/mol. The Morgan fingerprint density at radius 1 is 0.621 bits per heavy atom. The Balaban J connectivity index is 3.14. The van der Waals surface area contributed by atoms with E-state index in [9.17, 15) is 4.79 Å². The summed E-state index contributed by atoms with van der Waals surface area (Å²) >= 11 is 0. The van der Waals surface area contributed by atoms with Crippen LogP contribution in [0.3, 0.4) is 0 Å². The Kier molecular flexibility index (Phi) is 23.3. The minimum atomic E-state index is -0.0347. The van der Waals surface area contributed by atoms with E-state index in [1.165, 1.54) is 109 Å². The summed E-state index contributed by atoms with van der Waals surface area (Å²) in [5.74, 6) is -0.0347. The van der Waals surface area contributed by atoms with E-state index in [1.807, 2.05) is 6.92 Å². The van der Waals surface area contributed by atoms with Crippen molar-refractivity contribution in [1.82, 2.24) is 0 Å². The molecule has 0 spiro atoms. The minimum Gasteiger partial charge on any atom is -0.462 e. The van der Waals surface area contributed by atoms with Crippen molar-refractivity contribution in [2.45, 2.75) is 161 Å². The lowest BCUT2D eigenvalue weighted by Gasteiger charge is -2.13. The van der Waals surface area contributed by atoms with Crippen molar-refractivity contribution in [3.8, 4) is 0 Å². The smallest absolute Gasteiger partial charge is 0.306 e. The van der Waals surface area contributed by atoms with Gasteiger partial charge < -0.3 is 4.74 Å². The van der Waals surface area contributed by atoms with Gasteiger partial charge in [-0.25, -0.2) is 0 Å². The fraction of sp³-hybridized carbons (Fsp3) is 0.926. The van der Waals surface area contributed by atoms with Crippen LogP contribution in [0.1, 0.15) is 155 Å². The van der Waals surface area contributed by atoms with Gasteiger partial charge in [-0.3, -0.25) is 4.79 Å². The van der Waals surface area contributed by atoms with Crippen LogP contribution in [0, 0.1) is 6.92 Å². The maximum absolute atomic E-state index is 11.7. The molecule has 29 heavy (non-hydrogen) atoms. The Bertz CT molecular complexity index is 322. The van der Waals surface area contributed by atoms with Crippen molar-refractivity contribution in [2.24, 2.45) is 0 Å². The van der Waals surface area contributed by atoms with Crippen molar-refractivity contribution >= 4 is 5.97 Å². The van der Waals surface area contributed by atoms with Gasteiger partial charge in [-0.1, -0.05) is 129 Å². The van der Waals surface area contributed by atoms with E-state index >= 15 is 0 Å². The quantitative estimate of drug-likeness (QED) is 0.124. The number of rotatable bonds is 23. The SMILES string of the molecule is [CH2]CC(CC)OC(=O)CCCCCCCCCCCCCCCCCCCCC. The molecule has 0 aliphatic carbocycles. The highest BCUT2D eigenvalue weighted by Crippen LogP contribution is 2.15. The Labute approximate surface area is 184 Å². The van der Waals surface area contributed by atoms with E-state index < -0.39 is 0 Å². The van der Waals surface area contributed by atoms with Crippen LogP contribution in [0.4, 0.5) is 0 Å². The fourth-order valence-corrected chi connectivity index (χ4v) is 3.94. The van der Waals surface area contributed by atoms with Crippen molar-refractivity contribution in [2.75, 3.05) is 0 Å². The molecule has 173 valence electrons. The van der Waals surface area contributed by atoms with Crippen LogP contribution < -0.4 is 0 Å². The first kappa shape index (κ1) is 28.5. The summed E-state index contributed by atoms with van der Waals surface area (Å²) in [5, 5.41) is 0. The van der Waals surface area contributed by atoms with Crippen LogP contribution in [-0.4, -0.2) is 12.1 Å². The molecule has 0 saturated heterocycles. The second-order valence-corrected chi connectivity index (χ2v) is 8.92. The molecule has 0 bridgehead atoms. The van der Waals surface area contributed by atoms with E-state index in [0.29, 0.717) is 12.8 Å². The van der Waals surface area contributed by atoms with E-state index in [1.54, 1.807) is 0 Å². The summed E-state index contributed by atoms with van der Waals surface area (Å²) in [4.78, 5) is 11.7. The van der Waals surface area contributed by atoms with Gasteiger partial charge in [-0.15, -0.1) is 0 Å². The lowest BCUT2D eigenvalue weighted by Crippen LogP contribution is -2.16. The summed E-state index contributed by atoms with van der Waals surface area (Å²) in [7, 11) is 0. The number of esters is 1. The van der Waals surface area contributed by atoms with E-state index in [0.717, 1.165) is 19.3 Å². The van der Waals surface area contributed by atoms with Gasteiger partial charge in [0.1, 0.15) is 6.10 Å². The highest BCUT2D eigenvalue weighted by Gasteiger charge is 2.09. The highest BCUT2D eigenvalue weighted by atomic mass is 16.5. The Morgan fingerprint density at radius 2 is 0.966 bits per heavy atom. The first-order chi connectivity index (χ1) is 14.2. The molecule has 0 aromatic heterocycles. The third-order valence-electron chi connectivity index (χ3n) is 6.06. The largest absolute Gasteiger partial charge is 0.462 e. The zero-order chi connectivity index (χ0) is 21.4. The predicted octanol–water partition coefficient (Wildman–Crippen LogP) is 9.35. The molecule has 1 unspecified atom stereocenters. The number of carbonyl (C=O) groups is 1. The first-order valence-electron chi connectivity index (χ1n) is 13.2. The van der Waals surface area contributed by atoms with Gasteiger partial charge in [0.2, 0.25) is 0 Å². The zero-order valence-corrected chi connectivity index (χ0v) is 20.2. The van der Waals surface area contributed by atoms with Gasteiger partial charge >= 0.3 is 5.97 Å².